The number of morpholine rings is 1. The molecule has 1 saturated heterocycles. The minimum absolute atomic E-state index is 0.137. The van der Waals surface area contributed by atoms with Gasteiger partial charge in [0, 0.05) is 19.3 Å². The van der Waals surface area contributed by atoms with Crippen molar-refractivity contribution in [3.63, 3.8) is 0 Å². The normalized spacial score (nSPS) is 15.2. The minimum Gasteiger partial charge on any atom is -0.378 e. The van der Waals surface area contributed by atoms with E-state index in [0.717, 1.165) is 24.3 Å². The van der Waals surface area contributed by atoms with E-state index in [1.807, 2.05) is 37.3 Å². The molecule has 1 aromatic carbocycles. The Balaban J connectivity index is 1.47. The van der Waals surface area contributed by atoms with Crippen molar-refractivity contribution in [2.45, 2.75) is 13.0 Å². The molecule has 8 nitrogen and oxygen atoms in total. The highest BCUT2D eigenvalue weighted by molar-refractivity contribution is 5.99. The zero-order chi connectivity index (χ0) is 19.3. The second-order valence-electron chi connectivity index (χ2n) is 6.60. The van der Waals surface area contributed by atoms with Crippen molar-refractivity contribution < 1.29 is 9.53 Å². The van der Waals surface area contributed by atoms with Crippen molar-refractivity contribution in [2.75, 3.05) is 31.2 Å². The zero-order valence-corrected chi connectivity index (χ0v) is 15.7. The number of aromatic nitrogens is 4. The fourth-order valence-corrected chi connectivity index (χ4v) is 3.22. The molecule has 1 fully saturated rings. The molecule has 0 aliphatic carbocycles. The summed E-state index contributed by atoms with van der Waals surface area (Å²) in [7, 11) is 0. The summed E-state index contributed by atoms with van der Waals surface area (Å²) in [6.07, 6.45) is 4.86. The van der Waals surface area contributed by atoms with Gasteiger partial charge in [-0.15, -0.1) is 0 Å². The minimum atomic E-state index is -0.143. The monoisotopic (exact) mass is 378 g/mol. The third kappa shape index (κ3) is 3.86. The van der Waals surface area contributed by atoms with E-state index in [-0.39, 0.29) is 11.9 Å². The molecule has 8 heteroatoms. The van der Waals surface area contributed by atoms with Gasteiger partial charge in [-0.25, -0.2) is 14.6 Å². The Labute approximate surface area is 163 Å². The SMILES string of the molecule is CC(NC(=O)c1cccnc1N1CCOCC1)c1ccc(-n2cncn2)cc1. The summed E-state index contributed by atoms with van der Waals surface area (Å²) < 4.78 is 7.09. The molecule has 3 aromatic rings. The number of nitrogens with one attached hydrogen (secondary N) is 1. The fraction of sp³-hybridized carbons (Fsp3) is 0.300. The van der Waals surface area contributed by atoms with Crippen LogP contribution in [0.4, 0.5) is 5.82 Å². The Morgan fingerprint density at radius 1 is 1.18 bits per heavy atom. The summed E-state index contributed by atoms with van der Waals surface area (Å²) >= 11 is 0. The van der Waals surface area contributed by atoms with E-state index in [1.54, 1.807) is 23.3 Å². The zero-order valence-electron chi connectivity index (χ0n) is 15.7. The van der Waals surface area contributed by atoms with E-state index in [0.29, 0.717) is 24.6 Å². The second kappa shape index (κ2) is 8.18. The number of carbonyl (C=O) groups is 1. The molecule has 1 aliphatic rings. The van der Waals surface area contributed by atoms with E-state index in [1.165, 1.54) is 6.33 Å². The van der Waals surface area contributed by atoms with E-state index >= 15 is 0 Å². The molecule has 2 aromatic heterocycles. The van der Waals surface area contributed by atoms with Crippen LogP contribution in [-0.4, -0.2) is 52.0 Å². The molecule has 28 heavy (non-hydrogen) atoms. The van der Waals surface area contributed by atoms with Crippen LogP contribution in [-0.2, 0) is 4.74 Å². The molecular formula is C20H22N6O2. The maximum atomic E-state index is 12.9. The molecule has 144 valence electrons. The van der Waals surface area contributed by atoms with Gasteiger partial charge in [0.25, 0.3) is 5.91 Å². The number of amides is 1. The van der Waals surface area contributed by atoms with Gasteiger partial charge in [0.2, 0.25) is 0 Å². The fourth-order valence-electron chi connectivity index (χ4n) is 3.22. The lowest BCUT2D eigenvalue weighted by atomic mass is 10.1. The van der Waals surface area contributed by atoms with E-state index < -0.39 is 0 Å². The van der Waals surface area contributed by atoms with Gasteiger partial charge in [0.15, 0.2) is 0 Å². The smallest absolute Gasteiger partial charge is 0.255 e. The van der Waals surface area contributed by atoms with Crippen molar-refractivity contribution in [3.05, 3.63) is 66.4 Å². The number of nitrogens with zero attached hydrogens (tertiary/aromatic N) is 5. The number of ether oxygens (including phenoxy) is 1. The molecule has 1 unspecified atom stereocenters. The van der Waals surface area contributed by atoms with Crippen LogP contribution in [0.25, 0.3) is 5.69 Å². The lowest BCUT2D eigenvalue weighted by Crippen LogP contribution is -2.38. The first kappa shape index (κ1) is 18.1. The second-order valence-corrected chi connectivity index (χ2v) is 6.60. The third-order valence-electron chi connectivity index (χ3n) is 4.77. The first-order valence-electron chi connectivity index (χ1n) is 9.26. The van der Waals surface area contributed by atoms with Crippen LogP contribution >= 0.6 is 0 Å². The quantitative estimate of drug-likeness (QED) is 0.731. The van der Waals surface area contributed by atoms with Gasteiger partial charge < -0.3 is 15.0 Å². The largest absolute Gasteiger partial charge is 0.378 e. The number of anilines is 1. The Bertz CT molecular complexity index is 920. The Morgan fingerprint density at radius 2 is 1.96 bits per heavy atom. The lowest BCUT2D eigenvalue weighted by Gasteiger charge is -2.29. The van der Waals surface area contributed by atoms with Gasteiger partial charge in [0.1, 0.15) is 18.5 Å². The van der Waals surface area contributed by atoms with Gasteiger partial charge in [-0.05, 0) is 36.8 Å². The summed E-state index contributed by atoms with van der Waals surface area (Å²) in [4.78, 5) is 23.4. The molecule has 0 radical (unpaired) electrons. The standard InChI is InChI=1S/C20H22N6O2/c1-15(16-4-6-17(7-5-16)26-14-21-13-23-26)24-20(27)18-3-2-8-22-19(18)25-9-11-28-12-10-25/h2-8,13-15H,9-12H2,1H3,(H,24,27). The first-order valence-corrected chi connectivity index (χ1v) is 9.26. The number of hydrogen-bond acceptors (Lipinski definition) is 6. The summed E-state index contributed by atoms with van der Waals surface area (Å²) in [5, 5.41) is 7.19. The van der Waals surface area contributed by atoms with Crippen molar-refractivity contribution in [3.8, 4) is 5.69 Å². The molecule has 0 saturated carbocycles. The number of benzene rings is 1. The molecule has 1 atom stereocenters. The molecule has 3 heterocycles. The van der Waals surface area contributed by atoms with Gasteiger partial charge in [-0.1, -0.05) is 12.1 Å². The Morgan fingerprint density at radius 3 is 2.68 bits per heavy atom. The maximum Gasteiger partial charge on any atom is 0.255 e. The highest BCUT2D eigenvalue weighted by Crippen LogP contribution is 2.21. The van der Waals surface area contributed by atoms with Crippen LogP contribution in [0.3, 0.4) is 0 Å². The van der Waals surface area contributed by atoms with Crippen LogP contribution in [0.1, 0.15) is 28.9 Å². The number of carbonyl (C=O) groups excluding carboxylic acids is 1. The molecular weight excluding hydrogens is 356 g/mol. The van der Waals surface area contributed by atoms with Crippen LogP contribution < -0.4 is 10.2 Å². The predicted octanol–water partition coefficient (Wildman–Crippen LogP) is 1.99. The molecule has 0 bridgehead atoms. The van der Waals surface area contributed by atoms with Crippen molar-refractivity contribution in [2.24, 2.45) is 0 Å². The third-order valence-corrected chi connectivity index (χ3v) is 4.77. The molecule has 1 aliphatic heterocycles. The van der Waals surface area contributed by atoms with Gasteiger partial charge in [-0.2, -0.15) is 5.10 Å². The van der Waals surface area contributed by atoms with Crippen LogP contribution in [0.2, 0.25) is 0 Å². The summed E-state index contributed by atoms with van der Waals surface area (Å²) in [5.74, 6) is 0.569. The average Bonchev–Trinajstić information content (AvgIpc) is 3.29. The molecule has 1 amide bonds. The maximum absolute atomic E-state index is 12.9. The molecule has 1 N–H and O–H groups in total. The van der Waals surface area contributed by atoms with Crippen LogP contribution in [0.5, 0.6) is 0 Å². The molecule has 0 spiro atoms. The summed E-state index contributed by atoms with van der Waals surface area (Å²) in [6, 6.07) is 11.3. The van der Waals surface area contributed by atoms with E-state index in [4.69, 9.17) is 4.74 Å². The van der Waals surface area contributed by atoms with Gasteiger partial charge >= 0.3 is 0 Å². The number of rotatable bonds is 5. The topological polar surface area (TPSA) is 85.2 Å². The lowest BCUT2D eigenvalue weighted by molar-refractivity contribution is 0.0938. The average molecular weight is 378 g/mol. The van der Waals surface area contributed by atoms with Gasteiger partial charge in [-0.3, -0.25) is 4.79 Å². The summed E-state index contributed by atoms with van der Waals surface area (Å²) in [5.41, 5.74) is 2.51. The van der Waals surface area contributed by atoms with Gasteiger partial charge in [0.05, 0.1) is 30.5 Å². The van der Waals surface area contributed by atoms with Crippen LogP contribution in [0, 0.1) is 0 Å². The van der Waals surface area contributed by atoms with Crippen molar-refractivity contribution >= 4 is 11.7 Å². The van der Waals surface area contributed by atoms with Crippen molar-refractivity contribution in [1.82, 2.24) is 25.1 Å². The number of hydrogen-bond donors (Lipinski definition) is 1. The Hall–Kier alpha value is -3.26. The highest BCUT2D eigenvalue weighted by atomic mass is 16.5. The van der Waals surface area contributed by atoms with E-state index in [9.17, 15) is 4.79 Å². The Kier molecular flexibility index (Phi) is 5.29. The van der Waals surface area contributed by atoms with Crippen molar-refractivity contribution in [1.29, 1.82) is 0 Å². The predicted molar refractivity (Wildman–Crippen MR) is 105 cm³/mol. The van der Waals surface area contributed by atoms with E-state index in [2.05, 4.69) is 25.3 Å². The highest BCUT2D eigenvalue weighted by Gasteiger charge is 2.21. The number of pyridine rings is 1. The molecule has 4 rings (SSSR count). The van der Waals surface area contributed by atoms with Crippen LogP contribution in [0.15, 0.2) is 55.2 Å². The summed E-state index contributed by atoms with van der Waals surface area (Å²) in [6.45, 7) is 4.72. The first-order chi connectivity index (χ1) is 13.7.